The lowest BCUT2D eigenvalue weighted by Gasteiger charge is -2.15. The molecule has 9 heteroatoms. The van der Waals surface area contributed by atoms with E-state index >= 15 is 0 Å². The molecule has 0 atom stereocenters. The molecule has 3 rings (SSSR count). The highest BCUT2D eigenvalue weighted by atomic mass is 32.1. The molecule has 0 bridgehead atoms. The summed E-state index contributed by atoms with van der Waals surface area (Å²) in [6.45, 7) is 9.11. The first kappa shape index (κ1) is 23.5. The summed E-state index contributed by atoms with van der Waals surface area (Å²) in [4.78, 5) is 31.2. The summed E-state index contributed by atoms with van der Waals surface area (Å²) >= 11 is 1.46. The number of nitrogens with one attached hydrogen (secondary N) is 2. The van der Waals surface area contributed by atoms with E-state index in [1.807, 2.05) is 36.6 Å². The second-order valence-electron chi connectivity index (χ2n) is 7.01. The van der Waals surface area contributed by atoms with Crippen LogP contribution < -0.4 is 15.6 Å². The number of carbonyl (C=O) groups is 2. The number of nitrogens with zero attached hydrogens (tertiary/aromatic N) is 2. The fourth-order valence-electron chi connectivity index (χ4n) is 3.03. The third-order valence-corrected chi connectivity index (χ3v) is 5.72. The van der Waals surface area contributed by atoms with Crippen molar-refractivity contribution in [3.63, 3.8) is 0 Å². The Morgan fingerprint density at radius 1 is 1.06 bits per heavy atom. The van der Waals surface area contributed by atoms with E-state index in [1.165, 1.54) is 11.3 Å². The van der Waals surface area contributed by atoms with Gasteiger partial charge >= 0.3 is 5.91 Å². The molecule has 0 aliphatic heterocycles. The standard InChI is InChI=1S/C23H28N4O4S/c1-4-27(5-2)14-19-11-12-20(31-19)22(29)26-25-21(28)13-17-15-32-23(24-17)16-7-9-18(10-8-16)30-6-3/h7-12,15H,4-6,13-14H2,1-3H3,(H,25,28)(H,26,29). The zero-order valence-electron chi connectivity index (χ0n) is 18.5. The topological polar surface area (TPSA) is 96.7 Å². The summed E-state index contributed by atoms with van der Waals surface area (Å²) in [6, 6.07) is 11.0. The van der Waals surface area contributed by atoms with E-state index < -0.39 is 5.91 Å². The number of hydrogen-bond donors (Lipinski definition) is 2. The van der Waals surface area contributed by atoms with Gasteiger partial charge in [-0.15, -0.1) is 11.3 Å². The Kier molecular flexibility index (Phi) is 8.41. The van der Waals surface area contributed by atoms with Gasteiger partial charge in [-0.05, 0) is 56.4 Å². The highest BCUT2D eigenvalue weighted by molar-refractivity contribution is 7.13. The zero-order chi connectivity index (χ0) is 22.9. The van der Waals surface area contributed by atoms with Crippen LogP contribution in [0.3, 0.4) is 0 Å². The molecule has 2 N–H and O–H groups in total. The van der Waals surface area contributed by atoms with Crippen LogP contribution in [-0.2, 0) is 17.8 Å². The second-order valence-corrected chi connectivity index (χ2v) is 7.87. The van der Waals surface area contributed by atoms with Gasteiger partial charge in [0.15, 0.2) is 5.76 Å². The average Bonchev–Trinajstić information content (AvgIpc) is 3.46. The van der Waals surface area contributed by atoms with Gasteiger partial charge in [-0.2, -0.15) is 0 Å². The third kappa shape index (κ3) is 6.41. The normalized spacial score (nSPS) is 10.9. The summed E-state index contributed by atoms with van der Waals surface area (Å²) in [7, 11) is 0. The number of aromatic nitrogens is 1. The molecule has 0 radical (unpaired) electrons. The van der Waals surface area contributed by atoms with Gasteiger partial charge in [0.1, 0.15) is 16.5 Å². The molecule has 2 heterocycles. The van der Waals surface area contributed by atoms with Crippen molar-refractivity contribution in [3.05, 3.63) is 59.0 Å². The third-order valence-electron chi connectivity index (χ3n) is 4.78. The first-order valence-corrected chi connectivity index (χ1v) is 11.5. The maximum Gasteiger partial charge on any atom is 0.305 e. The van der Waals surface area contributed by atoms with Crippen molar-refractivity contribution in [2.75, 3.05) is 19.7 Å². The lowest BCUT2D eigenvalue weighted by atomic mass is 10.2. The number of hydrazine groups is 1. The Morgan fingerprint density at radius 3 is 2.50 bits per heavy atom. The van der Waals surface area contributed by atoms with Gasteiger partial charge in [0.05, 0.1) is 25.3 Å². The molecular formula is C23H28N4O4S. The van der Waals surface area contributed by atoms with Crippen molar-refractivity contribution in [1.82, 2.24) is 20.7 Å². The molecule has 0 unspecified atom stereocenters. The van der Waals surface area contributed by atoms with Gasteiger partial charge in [0.2, 0.25) is 5.91 Å². The van der Waals surface area contributed by atoms with Gasteiger partial charge in [-0.25, -0.2) is 4.98 Å². The lowest BCUT2D eigenvalue weighted by Crippen LogP contribution is -2.42. The predicted octanol–water partition coefficient (Wildman–Crippen LogP) is 3.65. The van der Waals surface area contributed by atoms with E-state index in [1.54, 1.807) is 12.1 Å². The quantitative estimate of drug-likeness (QED) is 0.452. The van der Waals surface area contributed by atoms with E-state index in [2.05, 4.69) is 34.6 Å². The number of rotatable bonds is 10. The summed E-state index contributed by atoms with van der Waals surface area (Å²) in [5.74, 6) is 0.794. The highest BCUT2D eigenvalue weighted by Gasteiger charge is 2.14. The minimum absolute atomic E-state index is 0.0547. The van der Waals surface area contributed by atoms with Crippen molar-refractivity contribution in [3.8, 4) is 16.3 Å². The SMILES string of the molecule is CCOc1ccc(-c2nc(CC(=O)NNC(=O)c3ccc(CN(CC)CC)o3)cs2)cc1. The number of hydrogen-bond acceptors (Lipinski definition) is 7. The molecule has 2 aromatic heterocycles. The lowest BCUT2D eigenvalue weighted by molar-refractivity contribution is -0.121. The van der Waals surface area contributed by atoms with Crippen LogP contribution >= 0.6 is 11.3 Å². The summed E-state index contributed by atoms with van der Waals surface area (Å²) in [5.41, 5.74) is 6.38. The second kappa shape index (κ2) is 11.4. The van der Waals surface area contributed by atoms with Crippen molar-refractivity contribution in [2.24, 2.45) is 0 Å². The molecule has 0 aliphatic rings. The Hall–Kier alpha value is -3.17. The molecule has 2 amide bonds. The van der Waals surface area contributed by atoms with Crippen LogP contribution in [0.2, 0.25) is 0 Å². The Labute approximate surface area is 191 Å². The molecule has 32 heavy (non-hydrogen) atoms. The van der Waals surface area contributed by atoms with Gasteiger partial charge in [-0.3, -0.25) is 25.3 Å². The number of ether oxygens (including phenoxy) is 1. The first-order chi connectivity index (χ1) is 15.5. The van der Waals surface area contributed by atoms with Gasteiger partial charge in [-0.1, -0.05) is 13.8 Å². The van der Waals surface area contributed by atoms with E-state index in [0.717, 1.165) is 29.4 Å². The number of amides is 2. The van der Waals surface area contributed by atoms with Crippen LogP contribution in [-0.4, -0.2) is 41.4 Å². The zero-order valence-corrected chi connectivity index (χ0v) is 19.3. The van der Waals surface area contributed by atoms with Crippen molar-refractivity contribution in [2.45, 2.75) is 33.7 Å². The Morgan fingerprint density at radius 2 is 1.81 bits per heavy atom. The van der Waals surface area contributed by atoms with E-state index in [0.29, 0.717) is 24.6 Å². The van der Waals surface area contributed by atoms with Crippen LogP contribution in [0.4, 0.5) is 0 Å². The van der Waals surface area contributed by atoms with Crippen LogP contribution in [0, 0.1) is 0 Å². The minimum atomic E-state index is -0.502. The summed E-state index contributed by atoms with van der Waals surface area (Å²) < 4.78 is 11.0. The van der Waals surface area contributed by atoms with Crippen molar-refractivity contribution in [1.29, 1.82) is 0 Å². The van der Waals surface area contributed by atoms with E-state index in [9.17, 15) is 9.59 Å². The number of benzene rings is 1. The maximum absolute atomic E-state index is 12.2. The van der Waals surface area contributed by atoms with Crippen molar-refractivity contribution < 1.29 is 18.7 Å². The molecule has 170 valence electrons. The average molecular weight is 457 g/mol. The number of thiazole rings is 1. The minimum Gasteiger partial charge on any atom is -0.494 e. The van der Waals surface area contributed by atoms with Crippen molar-refractivity contribution >= 4 is 23.2 Å². The van der Waals surface area contributed by atoms with Gasteiger partial charge in [0, 0.05) is 10.9 Å². The predicted molar refractivity (Wildman–Crippen MR) is 123 cm³/mol. The van der Waals surface area contributed by atoms with E-state index in [-0.39, 0.29) is 18.1 Å². The largest absolute Gasteiger partial charge is 0.494 e. The van der Waals surface area contributed by atoms with Crippen LogP contribution in [0.1, 0.15) is 42.8 Å². The molecule has 0 spiro atoms. The van der Waals surface area contributed by atoms with Crippen LogP contribution in [0.5, 0.6) is 5.75 Å². The summed E-state index contributed by atoms with van der Waals surface area (Å²) in [6.07, 6.45) is 0.0547. The smallest absolute Gasteiger partial charge is 0.305 e. The Balaban J connectivity index is 1.49. The molecule has 0 saturated carbocycles. The monoisotopic (exact) mass is 456 g/mol. The molecule has 8 nitrogen and oxygen atoms in total. The first-order valence-electron chi connectivity index (χ1n) is 10.6. The molecule has 0 aliphatic carbocycles. The molecule has 1 aromatic carbocycles. The molecular weight excluding hydrogens is 428 g/mol. The van der Waals surface area contributed by atoms with Gasteiger partial charge in [0.25, 0.3) is 0 Å². The molecule has 0 fully saturated rings. The Bertz CT molecular complexity index is 1020. The fraction of sp³-hybridized carbons (Fsp3) is 0.348. The molecule has 0 saturated heterocycles. The van der Waals surface area contributed by atoms with Crippen LogP contribution in [0.25, 0.3) is 10.6 Å². The summed E-state index contributed by atoms with van der Waals surface area (Å²) in [5, 5.41) is 2.65. The van der Waals surface area contributed by atoms with Crippen LogP contribution in [0.15, 0.2) is 46.2 Å². The van der Waals surface area contributed by atoms with Gasteiger partial charge < -0.3 is 9.15 Å². The number of carbonyl (C=O) groups excluding carboxylic acids is 2. The number of furan rings is 1. The highest BCUT2D eigenvalue weighted by Crippen LogP contribution is 2.26. The fourth-order valence-corrected chi connectivity index (χ4v) is 3.86. The molecule has 3 aromatic rings. The van der Waals surface area contributed by atoms with E-state index in [4.69, 9.17) is 9.15 Å². The maximum atomic E-state index is 12.2.